The lowest BCUT2D eigenvalue weighted by Gasteiger charge is -2.02. The minimum Gasteiger partial charge on any atom is -0.275 e. The van der Waals surface area contributed by atoms with Crippen LogP contribution < -0.4 is 0 Å². The summed E-state index contributed by atoms with van der Waals surface area (Å²) < 4.78 is 27.4. The van der Waals surface area contributed by atoms with Gasteiger partial charge in [0.1, 0.15) is 0 Å². The van der Waals surface area contributed by atoms with Crippen molar-refractivity contribution in [1.82, 2.24) is 19.6 Å². The van der Waals surface area contributed by atoms with Gasteiger partial charge >= 0.3 is 0 Å². The summed E-state index contributed by atoms with van der Waals surface area (Å²) in [6, 6.07) is 0. The van der Waals surface area contributed by atoms with Crippen molar-refractivity contribution in [2.24, 2.45) is 14.1 Å². The largest absolute Gasteiger partial charge is 0.275 e. The molecule has 0 saturated heterocycles. The Bertz CT molecular complexity index is 623. The van der Waals surface area contributed by atoms with Gasteiger partial charge < -0.3 is 0 Å². The number of aryl methyl sites for hydroxylation is 2. The molecule has 0 amide bonds. The van der Waals surface area contributed by atoms with Crippen LogP contribution in [0.4, 0.5) is 0 Å². The highest BCUT2D eigenvalue weighted by Gasteiger charge is 2.07. The predicted molar refractivity (Wildman–Crippen MR) is 96.7 cm³/mol. The third kappa shape index (κ3) is 6.32. The molecule has 0 aliphatic heterocycles. The van der Waals surface area contributed by atoms with Crippen LogP contribution >= 0.6 is 0 Å². The molecule has 0 radical (unpaired) electrons. The average Bonchev–Trinajstić information content (AvgIpc) is 3.18. The van der Waals surface area contributed by atoms with Gasteiger partial charge in [0.2, 0.25) is 0 Å². The van der Waals surface area contributed by atoms with E-state index in [1.165, 1.54) is 0 Å². The molecule has 2 unspecified atom stereocenters. The van der Waals surface area contributed by atoms with Crippen molar-refractivity contribution in [1.29, 1.82) is 0 Å². The highest BCUT2D eigenvalue weighted by Crippen LogP contribution is 2.11. The number of hydrogen-bond acceptors (Lipinski definition) is 4. The van der Waals surface area contributed by atoms with Gasteiger partial charge in [-0.2, -0.15) is 10.2 Å². The molecule has 0 N–H and O–H groups in total. The van der Waals surface area contributed by atoms with E-state index in [0.717, 1.165) is 48.3 Å². The summed E-state index contributed by atoms with van der Waals surface area (Å²) in [5.41, 5.74) is 0. The van der Waals surface area contributed by atoms with E-state index in [1.807, 2.05) is 26.5 Å². The topological polar surface area (TPSA) is 69.8 Å². The monoisotopic (exact) mass is 370 g/mol. The fourth-order valence-electron chi connectivity index (χ4n) is 2.44. The van der Waals surface area contributed by atoms with Crippen LogP contribution in [0.5, 0.6) is 0 Å². The Kier molecular flexibility index (Phi) is 7.84. The van der Waals surface area contributed by atoms with E-state index in [-0.39, 0.29) is 0 Å². The van der Waals surface area contributed by atoms with Gasteiger partial charge in [0.25, 0.3) is 0 Å². The maximum absolute atomic E-state index is 12.0. The van der Waals surface area contributed by atoms with Crippen molar-refractivity contribution in [2.45, 2.75) is 48.3 Å². The first kappa shape index (κ1) is 19.1. The molecule has 0 bridgehead atoms. The molecule has 2 rings (SSSR count). The van der Waals surface area contributed by atoms with Gasteiger partial charge in [0, 0.05) is 38.0 Å². The summed E-state index contributed by atoms with van der Waals surface area (Å²) >= 11 is 0. The number of rotatable bonds is 11. The Morgan fingerprint density at radius 3 is 1.46 bits per heavy atom. The van der Waals surface area contributed by atoms with Crippen LogP contribution in [0.15, 0.2) is 34.6 Å². The molecule has 134 valence electrons. The van der Waals surface area contributed by atoms with Crippen LogP contribution in [0.3, 0.4) is 0 Å². The van der Waals surface area contributed by atoms with Gasteiger partial charge in [-0.15, -0.1) is 0 Å². The molecule has 8 heteroatoms. The minimum absolute atomic E-state index is 0.705. The molecular formula is C16H26N4O2S2. The van der Waals surface area contributed by atoms with Crippen LogP contribution in [0.1, 0.15) is 38.5 Å². The molecule has 6 nitrogen and oxygen atoms in total. The van der Waals surface area contributed by atoms with Crippen molar-refractivity contribution in [3.8, 4) is 0 Å². The molecule has 0 aliphatic carbocycles. The van der Waals surface area contributed by atoms with Gasteiger partial charge in [-0.25, -0.2) is 0 Å². The first-order chi connectivity index (χ1) is 11.6. The van der Waals surface area contributed by atoms with Crippen LogP contribution in [0.2, 0.25) is 0 Å². The van der Waals surface area contributed by atoms with Gasteiger partial charge in [-0.05, 0) is 12.8 Å². The fourth-order valence-corrected chi connectivity index (χ4v) is 4.72. The second kappa shape index (κ2) is 9.88. The molecule has 0 saturated carbocycles. The lowest BCUT2D eigenvalue weighted by molar-refractivity contribution is 0.619. The molecule has 24 heavy (non-hydrogen) atoms. The maximum Gasteiger partial charge on any atom is 0.0767 e. The Labute approximate surface area is 148 Å². The van der Waals surface area contributed by atoms with Crippen molar-refractivity contribution in [3.63, 3.8) is 0 Å². The van der Waals surface area contributed by atoms with E-state index in [2.05, 4.69) is 10.2 Å². The van der Waals surface area contributed by atoms with E-state index in [9.17, 15) is 8.42 Å². The van der Waals surface area contributed by atoms with Crippen LogP contribution in [-0.2, 0) is 35.7 Å². The van der Waals surface area contributed by atoms with Crippen molar-refractivity contribution in [3.05, 3.63) is 24.8 Å². The summed E-state index contributed by atoms with van der Waals surface area (Å²) in [7, 11) is 1.81. The highest BCUT2D eigenvalue weighted by molar-refractivity contribution is 7.85. The number of unbranched alkanes of at least 4 members (excludes halogenated alkanes) is 5. The predicted octanol–water partition coefficient (Wildman–Crippen LogP) is 2.41. The normalized spacial score (nSPS) is 13.9. The Hall–Kier alpha value is -1.28. The van der Waals surface area contributed by atoms with Crippen molar-refractivity contribution < 1.29 is 8.42 Å². The molecule has 2 atom stereocenters. The number of aromatic nitrogens is 4. The molecule has 0 aromatic carbocycles. The van der Waals surface area contributed by atoms with E-state index in [4.69, 9.17) is 0 Å². The van der Waals surface area contributed by atoms with E-state index >= 15 is 0 Å². The first-order valence-electron chi connectivity index (χ1n) is 8.30. The van der Waals surface area contributed by atoms with E-state index in [1.54, 1.807) is 21.8 Å². The summed E-state index contributed by atoms with van der Waals surface area (Å²) in [5, 5.41) is 8.09. The SMILES string of the molecule is Cn1cc(S(=O)CCCCCCCCS(=O)c2cnn(C)c2)cn1. The minimum atomic E-state index is -0.928. The second-order valence-corrected chi connectivity index (χ2v) is 9.06. The summed E-state index contributed by atoms with van der Waals surface area (Å²) in [6.45, 7) is 0. The number of nitrogens with zero attached hydrogens (tertiary/aromatic N) is 4. The van der Waals surface area contributed by atoms with E-state index in [0.29, 0.717) is 11.5 Å². The Morgan fingerprint density at radius 2 is 1.12 bits per heavy atom. The third-order valence-electron chi connectivity index (χ3n) is 3.80. The van der Waals surface area contributed by atoms with E-state index < -0.39 is 21.6 Å². The smallest absolute Gasteiger partial charge is 0.0767 e. The maximum atomic E-state index is 12.0. The highest BCUT2D eigenvalue weighted by atomic mass is 32.2. The molecule has 2 aromatic rings. The van der Waals surface area contributed by atoms with Gasteiger partial charge in [-0.1, -0.05) is 25.7 Å². The van der Waals surface area contributed by atoms with Gasteiger partial charge in [-0.3, -0.25) is 17.8 Å². The van der Waals surface area contributed by atoms with Gasteiger partial charge in [0.05, 0.1) is 43.8 Å². The summed E-state index contributed by atoms with van der Waals surface area (Å²) in [5.74, 6) is 1.41. The van der Waals surface area contributed by atoms with Crippen molar-refractivity contribution >= 4 is 21.6 Å². The zero-order valence-electron chi connectivity index (χ0n) is 14.4. The zero-order chi connectivity index (χ0) is 17.4. The van der Waals surface area contributed by atoms with Crippen LogP contribution in [0.25, 0.3) is 0 Å². The van der Waals surface area contributed by atoms with Gasteiger partial charge in [0.15, 0.2) is 0 Å². The molecular weight excluding hydrogens is 344 g/mol. The molecule has 2 heterocycles. The Balaban J connectivity index is 1.48. The fraction of sp³-hybridized carbons (Fsp3) is 0.625. The zero-order valence-corrected chi connectivity index (χ0v) is 16.0. The standard InChI is InChI=1S/C16H26N4O2S2/c1-19-13-15(11-17-19)23(21)9-7-5-3-4-6-8-10-24(22)16-12-18-20(2)14-16/h11-14H,3-10H2,1-2H3. The Morgan fingerprint density at radius 1 is 0.750 bits per heavy atom. The average molecular weight is 371 g/mol. The van der Waals surface area contributed by atoms with Crippen LogP contribution in [-0.4, -0.2) is 39.5 Å². The number of hydrogen-bond donors (Lipinski definition) is 0. The molecule has 2 aromatic heterocycles. The third-order valence-corrected chi connectivity index (χ3v) is 6.59. The molecule has 0 aliphatic rings. The quantitative estimate of drug-likeness (QED) is 0.570. The second-order valence-electron chi connectivity index (χ2n) is 5.92. The van der Waals surface area contributed by atoms with Crippen LogP contribution in [0, 0.1) is 0 Å². The lowest BCUT2D eigenvalue weighted by Crippen LogP contribution is -1.98. The summed E-state index contributed by atoms with van der Waals surface area (Å²) in [4.78, 5) is 1.63. The first-order valence-corrected chi connectivity index (χ1v) is 10.9. The lowest BCUT2D eigenvalue weighted by atomic mass is 10.1. The molecule has 0 spiro atoms. The van der Waals surface area contributed by atoms with Crippen molar-refractivity contribution in [2.75, 3.05) is 11.5 Å². The molecule has 0 fully saturated rings. The summed E-state index contributed by atoms with van der Waals surface area (Å²) in [6.07, 6.45) is 13.4.